The second-order valence-corrected chi connectivity index (χ2v) is 6.26. The van der Waals surface area contributed by atoms with E-state index in [0.717, 1.165) is 32.2 Å². The number of hydrogen-bond acceptors (Lipinski definition) is 3. The highest BCUT2D eigenvalue weighted by Crippen LogP contribution is 2.36. The van der Waals surface area contributed by atoms with Crippen molar-refractivity contribution in [1.29, 1.82) is 0 Å². The second-order valence-electron chi connectivity index (χ2n) is 6.26. The summed E-state index contributed by atoms with van der Waals surface area (Å²) >= 11 is 0. The fourth-order valence-corrected chi connectivity index (χ4v) is 2.96. The minimum absolute atomic E-state index is 0.171. The molecule has 1 aliphatic carbocycles. The first kappa shape index (κ1) is 12.7. The first-order chi connectivity index (χ1) is 7.87. The van der Waals surface area contributed by atoms with Crippen LogP contribution < -0.4 is 0 Å². The van der Waals surface area contributed by atoms with Gasteiger partial charge in [0.1, 0.15) is 5.60 Å². The predicted octanol–water partition coefficient (Wildman–Crippen LogP) is 2.16. The van der Waals surface area contributed by atoms with E-state index in [9.17, 15) is 9.90 Å². The third-order valence-electron chi connectivity index (χ3n) is 3.68. The standard InChI is InChI=1S/C13H23NO3/c1-13(2,3)17-12(16)14-7-6-9-8-10(15)4-5-11(9)14/h9-11,15H,4-8H2,1-3H3/t9?,10-,11?/m1/s1. The number of ether oxygens (including phenoxy) is 1. The van der Waals surface area contributed by atoms with E-state index in [-0.39, 0.29) is 18.2 Å². The molecule has 0 aromatic heterocycles. The smallest absolute Gasteiger partial charge is 0.410 e. The number of hydrogen-bond donors (Lipinski definition) is 1. The summed E-state index contributed by atoms with van der Waals surface area (Å²) in [5.74, 6) is 0.464. The molecule has 0 radical (unpaired) electrons. The number of rotatable bonds is 0. The number of fused-ring (bicyclic) bond motifs is 1. The highest BCUT2D eigenvalue weighted by Gasteiger charge is 2.41. The molecule has 0 aromatic rings. The van der Waals surface area contributed by atoms with Gasteiger partial charge in [0, 0.05) is 12.6 Å². The third kappa shape index (κ3) is 2.92. The van der Waals surface area contributed by atoms with E-state index in [1.807, 2.05) is 25.7 Å². The quantitative estimate of drug-likeness (QED) is 0.707. The van der Waals surface area contributed by atoms with Crippen LogP contribution in [0.2, 0.25) is 0 Å². The molecule has 4 nitrogen and oxygen atoms in total. The zero-order valence-electron chi connectivity index (χ0n) is 11.0. The van der Waals surface area contributed by atoms with Crippen molar-refractivity contribution in [3.05, 3.63) is 0 Å². The van der Waals surface area contributed by atoms with Crippen molar-refractivity contribution in [3.8, 4) is 0 Å². The monoisotopic (exact) mass is 241 g/mol. The van der Waals surface area contributed by atoms with Crippen molar-refractivity contribution in [3.63, 3.8) is 0 Å². The van der Waals surface area contributed by atoms with Crippen molar-refractivity contribution in [2.24, 2.45) is 5.92 Å². The number of nitrogens with zero attached hydrogens (tertiary/aromatic N) is 1. The maximum absolute atomic E-state index is 12.0. The zero-order valence-corrected chi connectivity index (χ0v) is 11.0. The first-order valence-corrected chi connectivity index (χ1v) is 6.54. The van der Waals surface area contributed by atoms with E-state index in [4.69, 9.17) is 4.74 Å². The van der Waals surface area contributed by atoms with Gasteiger partial charge < -0.3 is 14.7 Å². The first-order valence-electron chi connectivity index (χ1n) is 6.54. The maximum atomic E-state index is 12.0. The Kier molecular flexibility index (Phi) is 3.34. The fourth-order valence-electron chi connectivity index (χ4n) is 2.96. The van der Waals surface area contributed by atoms with Crippen LogP contribution >= 0.6 is 0 Å². The van der Waals surface area contributed by atoms with Gasteiger partial charge in [-0.1, -0.05) is 0 Å². The van der Waals surface area contributed by atoms with Gasteiger partial charge in [-0.2, -0.15) is 0 Å². The van der Waals surface area contributed by atoms with Gasteiger partial charge in [0.15, 0.2) is 0 Å². The van der Waals surface area contributed by atoms with E-state index in [0.29, 0.717) is 5.92 Å². The molecule has 2 aliphatic rings. The third-order valence-corrected chi connectivity index (χ3v) is 3.68. The fraction of sp³-hybridized carbons (Fsp3) is 0.923. The average Bonchev–Trinajstić information content (AvgIpc) is 2.57. The van der Waals surface area contributed by atoms with E-state index in [2.05, 4.69) is 0 Å². The van der Waals surface area contributed by atoms with Crippen LogP contribution in [0.1, 0.15) is 46.5 Å². The average molecular weight is 241 g/mol. The van der Waals surface area contributed by atoms with Crippen LogP contribution in [-0.2, 0) is 4.74 Å². The number of amides is 1. The molecular weight excluding hydrogens is 218 g/mol. The number of carbonyl (C=O) groups excluding carboxylic acids is 1. The SMILES string of the molecule is CC(C)(C)OC(=O)N1CCC2C[C@H](O)CCC21. The molecule has 2 unspecified atom stereocenters. The van der Waals surface area contributed by atoms with Crippen LogP contribution in [0.4, 0.5) is 4.79 Å². The summed E-state index contributed by atoms with van der Waals surface area (Å²) in [6.45, 7) is 6.45. The lowest BCUT2D eigenvalue weighted by atomic mass is 9.83. The maximum Gasteiger partial charge on any atom is 0.410 e. The van der Waals surface area contributed by atoms with Crippen LogP contribution in [0, 0.1) is 5.92 Å². The van der Waals surface area contributed by atoms with Crippen molar-refractivity contribution in [2.45, 2.75) is 64.2 Å². The molecule has 2 fully saturated rings. The molecule has 2 rings (SSSR count). The van der Waals surface area contributed by atoms with Crippen molar-refractivity contribution < 1.29 is 14.6 Å². The molecule has 0 aromatic carbocycles. The molecule has 1 saturated carbocycles. The lowest BCUT2D eigenvalue weighted by Crippen LogP contribution is -2.43. The molecule has 3 atom stereocenters. The Bertz CT molecular complexity index is 298. The Morgan fingerprint density at radius 2 is 2.00 bits per heavy atom. The Morgan fingerprint density at radius 1 is 1.29 bits per heavy atom. The molecule has 1 heterocycles. The summed E-state index contributed by atoms with van der Waals surface area (Å²) in [4.78, 5) is 13.9. The summed E-state index contributed by atoms with van der Waals surface area (Å²) < 4.78 is 5.42. The predicted molar refractivity (Wildman–Crippen MR) is 64.7 cm³/mol. The van der Waals surface area contributed by atoms with Gasteiger partial charge >= 0.3 is 6.09 Å². The zero-order chi connectivity index (χ0) is 12.6. The number of carbonyl (C=O) groups is 1. The normalized spacial score (nSPS) is 33.4. The molecule has 0 spiro atoms. The van der Waals surface area contributed by atoms with Gasteiger partial charge in [-0.15, -0.1) is 0 Å². The van der Waals surface area contributed by atoms with Gasteiger partial charge in [-0.05, 0) is 52.4 Å². The topological polar surface area (TPSA) is 49.8 Å². The molecule has 4 heteroatoms. The Labute approximate surface area is 103 Å². The van der Waals surface area contributed by atoms with Gasteiger partial charge in [-0.25, -0.2) is 4.79 Å². The minimum Gasteiger partial charge on any atom is -0.444 e. The molecule has 0 bridgehead atoms. The molecular formula is C13H23NO3. The molecule has 1 aliphatic heterocycles. The van der Waals surface area contributed by atoms with E-state index in [1.54, 1.807) is 0 Å². The summed E-state index contributed by atoms with van der Waals surface area (Å²) in [7, 11) is 0. The van der Waals surface area contributed by atoms with Gasteiger partial charge in [-0.3, -0.25) is 0 Å². The summed E-state index contributed by atoms with van der Waals surface area (Å²) in [6.07, 6.45) is 3.19. The van der Waals surface area contributed by atoms with Crippen molar-refractivity contribution in [2.75, 3.05) is 6.54 Å². The minimum atomic E-state index is -0.427. The van der Waals surface area contributed by atoms with Gasteiger partial charge in [0.05, 0.1) is 6.10 Å². The summed E-state index contributed by atoms with van der Waals surface area (Å²) in [5, 5.41) is 9.63. The lowest BCUT2D eigenvalue weighted by Gasteiger charge is -2.34. The highest BCUT2D eigenvalue weighted by molar-refractivity contribution is 5.69. The van der Waals surface area contributed by atoms with Crippen LogP contribution in [0.5, 0.6) is 0 Å². The van der Waals surface area contributed by atoms with Crippen LogP contribution in [0.25, 0.3) is 0 Å². The Morgan fingerprint density at radius 3 is 2.65 bits per heavy atom. The van der Waals surface area contributed by atoms with Crippen LogP contribution in [0.15, 0.2) is 0 Å². The van der Waals surface area contributed by atoms with Crippen LogP contribution in [-0.4, -0.2) is 40.4 Å². The molecule has 1 N–H and O–H groups in total. The second kappa shape index (κ2) is 4.48. The largest absolute Gasteiger partial charge is 0.444 e. The van der Waals surface area contributed by atoms with Gasteiger partial charge in [0.25, 0.3) is 0 Å². The van der Waals surface area contributed by atoms with Crippen LogP contribution in [0.3, 0.4) is 0 Å². The Hall–Kier alpha value is -0.770. The summed E-state index contributed by atoms with van der Waals surface area (Å²) in [6, 6.07) is 0.285. The van der Waals surface area contributed by atoms with E-state index in [1.165, 1.54) is 0 Å². The summed E-state index contributed by atoms with van der Waals surface area (Å²) in [5.41, 5.74) is -0.427. The molecule has 98 valence electrons. The van der Waals surface area contributed by atoms with Crippen molar-refractivity contribution in [1.82, 2.24) is 4.90 Å². The van der Waals surface area contributed by atoms with E-state index < -0.39 is 5.60 Å². The molecule has 1 saturated heterocycles. The number of aliphatic hydroxyl groups excluding tert-OH is 1. The number of aliphatic hydroxyl groups is 1. The van der Waals surface area contributed by atoms with Gasteiger partial charge in [0.2, 0.25) is 0 Å². The molecule has 17 heavy (non-hydrogen) atoms. The Balaban J connectivity index is 1.97. The highest BCUT2D eigenvalue weighted by atomic mass is 16.6. The van der Waals surface area contributed by atoms with Crippen molar-refractivity contribution >= 4 is 6.09 Å². The number of likely N-dealkylation sites (tertiary alicyclic amines) is 1. The molecule has 1 amide bonds. The lowest BCUT2D eigenvalue weighted by molar-refractivity contribution is 0.0107. The van der Waals surface area contributed by atoms with E-state index >= 15 is 0 Å².